The van der Waals surface area contributed by atoms with Gasteiger partial charge in [-0.2, -0.15) is 18.3 Å². The Hall–Kier alpha value is -3.62. The second kappa shape index (κ2) is 7.90. The quantitative estimate of drug-likeness (QED) is 0.558. The van der Waals surface area contributed by atoms with E-state index >= 15 is 0 Å². The van der Waals surface area contributed by atoms with E-state index in [1.54, 1.807) is 12.4 Å². The van der Waals surface area contributed by atoms with Gasteiger partial charge in [-0.15, -0.1) is 0 Å². The number of nitrogens with zero attached hydrogens (tertiary/aromatic N) is 3. The van der Waals surface area contributed by atoms with E-state index in [0.29, 0.717) is 0 Å². The Labute approximate surface area is 176 Å². The van der Waals surface area contributed by atoms with Gasteiger partial charge in [0.05, 0.1) is 23.5 Å². The van der Waals surface area contributed by atoms with E-state index in [1.165, 1.54) is 12.1 Å². The molecule has 0 aliphatic carbocycles. The van der Waals surface area contributed by atoms with Crippen molar-refractivity contribution in [3.05, 3.63) is 66.0 Å². The molecule has 1 aliphatic rings. The van der Waals surface area contributed by atoms with Gasteiger partial charge in [0.1, 0.15) is 0 Å². The Balaban J connectivity index is 1.42. The number of benzene rings is 2. The van der Waals surface area contributed by atoms with E-state index < -0.39 is 23.8 Å². The highest BCUT2D eigenvalue weighted by atomic mass is 19.4. The maximum absolute atomic E-state index is 12.6. The van der Waals surface area contributed by atoms with Gasteiger partial charge in [0.15, 0.2) is 0 Å². The molecule has 1 aliphatic heterocycles. The van der Waals surface area contributed by atoms with Gasteiger partial charge in [-0.05, 0) is 49.7 Å². The monoisotopic (exact) mass is 427 g/mol. The van der Waals surface area contributed by atoms with Crippen LogP contribution in [0.2, 0.25) is 0 Å². The van der Waals surface area contributed by atoms with E-state index in [1.807, 2.05) is 29.1 Å². The SMILES string of the molecule is CC(C)n1cc(-c2ccc3c(c2)N=CC3NC(=O)Nc2ccc(C(F)(F)F)cc2)cn1. The zero-order valence-corrected chi connectivity index (χ0v) is 16.8. The molecule has 160 valence electrons. The summed E-state index contributed by atoms with van der Waals surface area (Å²) in [5.74, 6) is 0. The molecule has 1 atom stereocenters. The van der Waals surface area contributed by atoms with Gasteiger partial charge in [0.2, 0.25) is 0 Å². The summed E-state index contributed by atoms with van der Waals surface area (Å²) in [5.41, 5.74) is 3.02. The van der Waals surface area contributed by atoms with Crippen LogP contribution in [0.15, 0.2) is 59.9 Å². The highest BCUT2D eigenvalue weighted by molar-refractivity contribution is 5.93. The summed E-state index contributed by atoms with van der Waals surface area (Å²) in [5, 5.41) is 9.66. The Bertz CT molecular complexity index is 1130. The Morgan fingerprint density at radius 1 is 1.10 bits per heavy atom. The van der Waals surface area contributed by atoms with Gasteiger partial charge in [0.25, 0.3) is 0 Å². The summed E-state index contributed by atoms with van der Waals surface area (Å²) in [6.45, 7) is 4.10. The number of amides is 2. The highest BCUT2D eigenvalue weighted by Gasteiger charge is 2.30. The molecular weight excluding hydrogens is 407 g/mol. The third kappa shape index (κ3) is 4.45. The van der Waals surface area contributed by atoms with Crippen LogP contribution in [-0.2, 0) is 6.18 Å². The van der Waals surface area contributed by atoms with Crippen molar-refractivity contribution >= 4 is 23.6 Å². The molecule has 1 unspecified atom stereocenters. The third-order valence-corrected chi connectivity index (χ3v) is 4.95. The van der Waals surface area contributed by atoms with Gasteiger partial charge in [-0.25, -0.2) is 4.79 Å². The summed E-state index contributed by atoms with van der Waals surface area (Å²) in [7, 11) is 0. The summed E-state index contributed by atoms with van der Waals surface area (Å²) in [6.07, 6.45) is 0.974. The van der Waals surface area contributed by atoms with E-state index in [0.717, 1.165) is 34.5 Å². The van der Waals surface area contributed by atoms with Crippen LogP contribution in [0.3, 0.4) is 0 Å². The molecule has 0 bridgehead atoms. The minimum Gasteiger partial charge on any atom is -0.326 e. The molecule has 2 amide bonds. The van der Waals surface area contributed by atoms with E-state index in [-0.39, 0.29) is 11.7 Å². The van der Waals surface area contributed by atoms with Crippen LogP contribution in [0, 0.1) is 0 Å². The van der Waals surface area contributed by atoms with Crippen molar-refractivity contribution in [2.24, 2.45) is 4.99 Å². The van der Waals surface area contributed by atoms with Crippen LogP contribution in [-0.4, -0.2) is 22.0 Å². The van der Waals surface area contributed by atoms with Gasteiger partial charge >= 0.3 is 12.2 Å². The molecule has 1 aromatic heterocycles. The minimum absolute atomic E-state index is 0.262. The van der Waals surface area contributed by atoms with Crippen LogP contribution in [0.5, 0.6) is 0 Å². The minimum atomic E-state index is -4.42. The number of fused-ring (bicyclic) bond motifs is 1. The second-order valence-electron chi connectivity index (χ2n) is 7.51. The number of halogens is 3. The number of nitrogens with one attached hydrogen (secondary N) is 2. The van der Waals surface area contributed by atoms with Crippen molar-refractivity contribution in [2.45, 2.75) is 32.1 Å². The number of aromatic nitrogens is 2. The van der Waals surface area contributed by atoms with Gasteiger partial charge in [-0.3, -0.25) is 9.67 Å². The summed E-state index contributed by atoms with van der Waals surface area (Å²) in [4.78, 5) is 16.7. The number of anilines is 1. The topological polar surface area (TPSA) is 71.3 Å². The second-order valence-corrected chi connectivity index (χ2v) is 7.51. The largest absolute Gasteiger partial charge is 0.416 e. The number of urea groups is 1. The van der Waals surface area contributed by atoms with Crippen molar-refractivity contribution in [3.8, 4) is 11.1 Å². The van der Waals surface area contributed by atoms with E-state index in [4.69, 9.17) is 0 Å². The fraction of sp³-hybridized carbons (Fsp3) is 0.227. The summed E-state index contributed by atoms with van der Waals surface area (Å²) in [6, 6.07) is 9.33. The maximum atomic E-state index is 12.6. The summed E-state index contributed by atoms with van der Waals surface area (Å²) < 4.78 is 39.8. The molecule has 4 rings (SSSR count). The lowest BCUT2D eigenvalue weighted by atomic mass is 10.0. The van der Waals surface area contributed by atoms with Crippen LogP contribution in [0.25, 0.3) is 11.1 Å². The molecule has 2 heterocycles. The zero-order valence-electron chi connectivity index (χ0n) is 16.8. The number of hydrogen-bond acceptors (Lipinski definition) is 3. The standard InChI is InChI=1S/C22H20F3N5O/c1-13(2)30-12-15(10-27-30)14-3-8-18-19(9-14)26-11-20(18)29-21(31)28-17-6-4-16(5-7-17)22(23,24)25/h3-13,20H,1-2H3,(H2,28,29,31). The molecule has 0 fully saturated rings. The smallest absolute Gasteiger partial charge is 0.326 e. The highest BCUT2D eigenvalue weighted by Crippen LogP contribution is 2.35. The fourth-order valence-corrected chi connectivity index (χ4v) is 3.27. The molecule has 0 radical (unpaired) electrons. The molecule has 9 heteroatoms. The number of carbonyl (C=O) groups is 1. The molecule has 0 saturated heterocycles. The Morgan fingerprint density at radius 3 is 2.48 bits per heavy atom. The lowest BCUT2D eigenvalue weighted by molar-refractivity contribution is -0.137. The van der Waals surface area contributed by atoms with Gasteiger partial charge in [0, 0.05) is 35.3 Å². The van der Waals surface area contributed by atoms with Crippen molar-refractivity contribution in [3.63, 3.8) is 0 Å². The van der Waals surface area contributed by atoms with Gasteiger partial charge < -0.3 is 10.6 Å². The van der Waals surface area contributed by atoms with Crippen molar-refractivity contribution < 1.29 is 18.0 Å². The first-order valence-electron chi connectivity index (χ1n) is 9.68. The summed E-state index contributed by atoms with van der Waals surface area (Å²) >= 11 is 0. The molecule has 0 spiro atoms. The van der Waals surface area contributed by atoms with E-state index in [9.17, 15) is 18.0 Å². The molecule has 0 saturated carbocycles. The average Bonchev–Trinajstić information content (AvgIpc) is 3.35. The van der Waals surface area contributed by atoms with Crippen LogP contribution >= 0.6 is 0 Å². The van der Waals surface area contributed by atoms with Crippen LogP contribution in [0.1, 0.15) is 37.1 Å². The van der Waals surface area contributed by atoms with Crippen LogP contribution < -0.4 is 10.6 Å². The predicted molar refractivity (Wildman–Crippen MR) is 113 cm³/mol. The third-order valence-electron chi connectivity index (χ3n) is 4.95. The predicted octanol–water partition coefficient (Wildman–Crippen LogP) is 5.73. The van der Waals surface area contributed by atoms with Crippen LogP contribution in [0.4, 0.5) is 29.3 Å². The fourth-order valence-electron chi connectivity index (χ4n) is 3.27. The Morgan fingerprint density at radius 2 is 1.84 bits per heavy atom. The van der Waals surface area contributed by atoms with Crippen molar-refractivity contribution in [1.29, 1.82) is 0 Å². The first-order chi connectivity index (χ1) is 14.7. The Kier molecular flexibility index (Phi) is 5.26. The van der Waals surface area contributed by atoms with Crippen molar-refractivity contribution in [2.75, 3.05) is 5.32 Å². The average molecular weight is 427 g/mol. The number of alkyl halides is 3. The van der Waals surface area contributed by atoms with Crippen molar-refractivity contribution in [1.82, 2.24) is 15.1 Å². The normalized spacial score (nSPS) is 15.2. The molecule has 31 heavy (non-hydrogen) atoms. The number of carbonyl (C=O) groups excluding carboxylic acids is 1. The first kappa shape index (κ1) is 20.6. The zero-order chi connectivity index (χ0) is 22.2. The van der Waals surface area contributed by atoms with Gasteiger partial charge in [-0.1, -0.05) is 12.1 Å². The maximum Gasteiger partial charge on any atom is 0.416 e. The lowest BCUT2D eigenvalue weighted by Gasteiger charge is -2.14. The number of aliphatic imine (C=N–C) groups is 1. The molecule has 6 nitrogen and oxygen atoms in total. The number of rotatable bonds is 4. The molecule has 2 aromatic carbocycles. The molecule has 2 N–H and O–H groups in total. The lowest BCUT2D eigenvalue weighted by Crippen LogP contribution is -2.32. The van der Waals surface area contributed by atoms with E-state index in [2.05, 4.69) is 34.6 Å². The molecule has 3 aromatic rings. The number of hydrogen-bond donors (Lipinski definition) is 2. The first-order valence-corrected chi connectivity index (χ1v) is 9.68. The molecular formula is C22H20F3N5O.